The van der Waals surface area contributed by atoms with Crippen molar-refractivity contribution in [2.45, 2.75) is 25.3 Å². The molecule has 1 aliphatic heterocycles. The summed E-state index contributed by atoms with van der Waals surface area (Å²) >= 11 is 0. The van der Waals surface area contributed by atoms with Crippen molar-refractivity contribution >= 4 is 11.9 Å². The second-order valence-electron chi connectivity index (χ2n) is 3.86. The molecule has 1 fully saturated rings. The van der Waals surface area contributed by atoms with Gasteiger partial charge in [-0.25, -0.2) is 4.79 Å². The second kappa shape index (κ2) is 4.38. The Hall–Kier alpha value is -1.78. The van der Waals surface area contributed by atoms with E-state index in [1.54, 1.807) is 6.07 Å². The lowest BCUT2D eigenvalue weighted by atomic mass is 10.0. The molecule has 0 radical (unpaired) electrons. The number of amides is 1. The molecule has 0 saturated carbocycles. The van der Waals surface area contributed by atoms with E-state index in [4.69, 9.17) is 9.52 Å². The summed E-state index contributed by atoms with van der Waals surface area (Å²) in [7, 11) is 0. The van der Waals surface area contributed by atoms with Crippen LogP contribution in [0.25, 0.3) is 0 Å². The van der Waals surface area contributed by atoms with Crippen molar-refractivity contribution in [1.82, 2.24) is 4.90 Å². The second-order valence-corrected chi connectivity index (χ2v) is 3.86. The molecule has 1 amide bonds. The zero-order valence-corrected chi connectivity index (χ0v) is 8.76. The molecule has 1 aromatic rings. The van der Waals surface area contributed by atoms with Crippen LogP contribution < -0.4 is 0 Å². The molecule has 5 heteroatoms. The highest BCUT2D eigenvalue weighted by atomic mass is 16.4. The Morgan fingerprint density at radius 1 is 1.44 bits per heavy atom. The van der Waals surface area contributed by atoms with E-state index < -0.39 is 12.0 Å². The van der Waals surface area contributed by atoms with Crippen LogP contribution in [0.3, 0.4) is 0 Å². The Bertz CT molecular complexity index is 385. The summed E-state index contributed by atoms with van der Waals surface area (Å²) in [4.78, 5) is 24.4. The number of hydrogen-bond acceptors (Lipinski definition) is 3. The zero-order valence-electron chi connectivity index (χ0n) is 8.76. The first-order chi connectivity index (χ1) is 7.70. The van der Waals surface area contributed by atoms with Crippen LogP contribution in [0.2, 0.25) is 0 Å². The first kappa shape index (κ1) is 10.7. The van der Waals surface area contributed by atoms with Gasteiger partial charge in [0.2, 0.25) is 0 Å². The van der Waals surface area contributed by atoms with Crippen LogP contribution in [0.4, 0.5) is 0 Å². The molecule has 2 heterocycles. The average molecular weight is 223 g/mol. The van der Waals surface area contributed by atoms with Crippen LogP contribution in [-0.2, 0) is 4.79 Å². The molecule has 1 atom stereocenters. The molecule has 16 heavy (non-hydrogen) atoms. The Balaban J connectivity index is 2.17. The number of carbonyl (C=O) groups excluding carboxylic acids is 1. The normalized spacial score (nSPS) is 20.8. The first-order valence-electron chi connectivity index (χ1n) is 5.26. The van der Waals surface area contributed by atoms with Crippen molar-refractivity contribution in [3.8, 4) is 0 Å². The Morgan fingerprint density at radius 3 is 2.88 bits per heavy atom. The van der Waals surface area contributed by atoms with Gasteiger partial charge < -0.3 is 14.4 Å². The molecular formula is C11H13NO4. The van der Waals surface area contributed by atoms with Gasteiger partial charge in [-0.3, -0.25) is 4.79 Å². The van der Waals surface area contributed by atoms with E-state index in [1.165, 1.54) is 17.4 Å². The number of likely N-dealkylation sites (tertiary alicyclic amines) is 1. The Kier molecular flexibility index (Phi) is 2.94. The summed E-state index contributed by atoms with van der Waals surface area (Å²) in [5.74, 6) is -1.20. The molecule has 0 spiro atoms. The fourth-order valence-electron chi connectivity index (χ4n) is 1.98. The molecule has 1 aromatic heterocycles. The third kappa shape index (κ3) is 1.93. The molecule has 0 aromatic carbocycles. The lowest BCUT2D eigenvalue weighted by molar-refractivity contribution is -0.143. The van der Waals surface area contributed by atoms with Crippen molar-refractivity contribution in [2.24, 2.45) is 0 Å². The van der Waals surface area contributed by atoms with E-state index in [0.29, 0.717) is 18.5 Å². The largest absolute Gasteiger partial charge is 0.480 e. The van der Waals surface area contributed by atoms with Crippen molar-refractivity contribution in [2.75, 3.05) is 6.54 Å². The predicted molar refractivity (Wildman–Crippen MR) is 55.0 cm³/mol. The van der Waals surface area contributed by atoms with Gasteiger partial charge in [0.05, 0.1) is 11.8 Å². The maximum absolute atomic E-state index is 12.0. The van der Waals surface area contributed by atoms with Crippen LogP contribution in [-0.4, -0.2) is 34.5 Å². The highest BCUT2D eigenvalue weighted by Crippen LogP contribution is 2.20. The quantitative estimate of drug-likeness (QED) is 0.821. The topological polar surface area (TPSA) is 70.8 Å². The number of nitrogens with zero attached hydrogens (tertiary/aromatic N) is 1. The smallest absolute Gasteiger partial charge is 0.326 e. The van der Waals surface area contributed by atoms with Gasteiger partial charge in [-0.1, -0.05) is 0 Å². The van der Waals surface area contributed by atoms with Crippen LogP contribution in [0.5, 0.6) is 0 Å². The van der Waals surface area contributed by atoms with Gasteiger partial charge in [0.15, 0.2) is 0 Å². The molecule has 1 N–H and O–H groups in total. The number of rotatable bonds is 2. The van der Waals surface area contributed by atoms with Crippen molar-refractivity contribution < 1.29 is 19.1 Å². The third-order valence-corrected chi connectivity index (χ3v) is 2.82. The highest BCUT2D eigenvalue weighted by molar-refractivity contribution is 5.96. The molecular weight excluding hydrogens is 210 g/mol. The first-order valence-corrected chi connectivity index (χ1v) is 5.26. The van der Waals surface area contributed by atoms with E-state index in [9.17, 15) is 9.59 Å². The predicted octanol–water partition coefficient (Wildman–Crippen LogP) is 1.36. The number of carbonyl (C=O) groups is 2. The minimum atomic E-state index is -0.934. The molecule has 2 rings (SSSR count). The maximum atomic E-state index is 12.0. The Labute approximate surface area is 92.7 Å². The SMILES string of the molecule is O=C(O)[C@H]1CCCCN1C(=O)c1ccoc1. The average Bonchev–Trinajstić information content (AvgIpc) is 2.81. The van der Waals surface area contributed by atoms with Gasteiger partial charge in [-0.05, 0) is 25.3 Å². The summed E-state index contributed by atoms with van der Waals surface area (Å²) in [5.41, 5.74) is 0.410. The fourth-order valence-corrected chi connectivity index (χ4v) is 1.98. The molecule has 0 unspecified atom stereocenters. The standard InChI is InChI=1S/C11H13NO4/c13-10(8-4-6-16-7-8)12-5-2-1-3-9(12)11(14)15/h4,6-7,9H,1-3,5H2,(H,14,15)/t9-/m1/s1. The lowest BCUT2D eigenvalue weighted by Gasteiger charge is -2.32. The van der Waals surface area contributed by atoms with Crippen molar-refractivity contribution in [3.05, 3.63) is 24.2 Å². The van der Waals surface area contributed by atoms with E-state index in [-0.39, 0.29) is 5.91 Å². The zero-order chi connectivity index (χ0) is 11.5. The van der Waals surface area contributed by atoms with Gasteiger partial charge in [0.1, 0.15) is 12.3 Å². The van der Waals surface area contributed by atoms with Crippen LogP contribution in [0, 0.1) is 0 Å². The van der Waals surface area contributed by atoms with Gasteiger partial charge in [0.25, 0.3) is 5.91 Å². The fraction of sp³-hybridized carbons (Fsp3) is 0.455. The van der Waals surface area contributed by atoms with Crippen LogP contribution in [0.15, 0.2) is 23.0 Å². The number of hydrogen-bond donors (Lipinski definition) is 1. The van der Waals surface area contributed by atoms with Crippen LogP contribution in [0.1, 0.15) is 29.6 Å². The van der Waals surface area contributed by atoms with E-state index in [2.05, 4.69) is 0 Å². The summed E-state index contributed by atoms with van der Waals surface area (Å²) in [6, 6.07) is 0.853. The Morgan fingerprint density at radius 2 is 2.25 bits per heavy atom. The maximum Gasteiger partial charge on any atom is 0.326 e. The minimum Gasteiger partial charge on any atom is -0.480 e. The molecule has 0 aliphatic carbocycles. The molecule has 5 nitrogen and oxygen atoms in total. The van der Waals surface area contributed by atoms with Crippen LogP contribution >= 0.6 is 0 Å². The van der Waals surface area contributed by atoms with E-state index in [0.717, 1.165) is 12.8 Å². The number of furan rings is 1. The molecule has 0 bridgehead atoms. The van der Waals surface area contributed by atoms with Gasteiger partial charge in [-0.2, -0.15) is 0 Å². The summed E-state index contributed by atoms with van der Waals surface area (Å²) in [6.45, 7) is 0.501. The van der Waals surface area contributed by atoms with Gasteiger partial charge in [-0.15, -0.1) is 0 Å². The number of piperidine rings is 1. The number of carboxylic acids is 1. The minimum absolute atomic E-state index is 0.263. The molecule has 86 valence electrons. The summed E-state index contributed by atoms with van der Waals surface area (Å²) in [5, 5.41) is 9.04. The van der Waals surface area contributed by atoms with E-state index >= 15 is 0 Å². The van der Waals surface area contributed by atoms with Crippen molar-refractivity contribution in [1.29, 1.82) is 0 Å². The van der Waals surface area contributed by atoms with Gasteiger partial charge in [0, 0.05) is 6.54 Å². The number of carboxylic acid groups (broad SMARTS) is 1. The van der Waals surface area contributed by atoms with Gasteiger partial charge >= 0.3 is 5.97 Å². The highest BCUT2D eigenvalue weighted by Gasteiger charge is 2.32. The molecule has 1 aliphatic rings. The van der Waals surface area contributed by atoms with E-state index in [1.807, 2.05) is 0 Å². The molecule has 1 saturated heterocycles. The van der Waals surface area contributed by atoms with Crippen molar-refractivity contribution in [3.63, 3.8) is 0 Å². The lowest BCUT2D eigenvalue weighted by Crippen LogP contribution is -2.47. The summed E-state index contributed by atoms with van der Waals surface area (Å²) in [6.07, 6.45) is 4.99. The monoisotopic (exact) mass is 223 g/mol. The summed E-state index contributed by atoms with van der Waals surface area (Å²) < 4.78 is 4.83. The number of aliphatic carboxylic acids is 1. The third-order valence-electron chi connectivity index (χ3n) is 2.82.